The number of likely N-dealkylation sites (N-methyl/N-ethyl adjacent to an activating group) is 1. The molecule has 0 aromatic heterocycles. The first kappa shape index (κ1) is 18.2. The highest BCUT2D eigenvalue weighted by molar-refractivity contribution is 5.81. The van der Waals surface area contributed by atoms with Gasteiger partial charge < -0.3 is 9.80 Å². The molecule has 2 rings (SSSR count). The molecule has 2 atom stereocenters. The van der Waals surface area contributed by atoms with Gasteiger partial charge in [-0.05, 0) is 45.2 Å². The summed E-state index contributed by atoms with van der Waals surface area (Å²) in [7, 11) is 1.88. The Bertz CT molecular complexity index is 590. The summed E-state index contributed by atoms with van der Waals surface area (Å²) >= 11 is 0. The Labute approximate surface area is 143 Å². The highest BCUT2D eigenvalue weighted by Crippen LogP contribution is 2.17. The summed E-state index contributed by atoms with van der Waals surface area (Å²) in [6.45, 7) is 7.11. The highest BCUT2D eigenvalue weighted by Gasteiger charge is 2.27. The minimum atomic E-state index is -0.240. The summed E-state index contributed by atoms with van der Waals surface area (Å²) in [5.74, 6) is -0.238. The van der Waals surface area contributed by atoms with Crippen LogP contribution in [-0.4, -0.2) is 61.5 Å². The van der Waals surface area contributed by atoms with Gasteiger partial charge in [-0.2, -0.15) is 5.26 Å². The standard InChI is InChI=1S/C18H25FN4O/c1-14(12-20)13-21(3)15(2)18(24)23-10-8-22(9-11-23)17-6-4-16(19)5-7-17/h4-7,14-15H,8-11,13H2,1-3H3/t14-,15+/m0/s1. The Morgan fingerprint density at radius 2 is 1.83 bits per heavy atom. The van der Waals surface area contributed by atoms with Crippen molar-refractivity contribution in [3.05, 3.63) is 30.1 Å². The molecule has 1 aromatic carbocycles. The van der Waals surface area contributed by atoms with Crippen LogP contribution in [0.4, 0.5) is 10.1 Å². The fraction of sp³-hybridized carbons (Fsp3) is 0.556. The first-order chi connectivity index (χ1) is 11.4. The van der Waals surface area contributed by atoms with Crippen LogP contribution < -0.4 is 4.90 Å². The number of nitriles is 1. The van der Waals surface area contributed by atoms with Crippen molar-refractivity contribution in [3.63, 3.8) is 0 Å². The number of carbonyl (C=O) groups is 1. The molecule has 0 saturated carbocycles. The Hall–Kier alpha value is -2.13. The first-order valence-corrected chi connectivity index (χ1v) is 8.31. The predicted molar refractivity (Wildman–Crippen MR) is 92.1 cm³/mol. The largest absolute Gasteiger partial charge is 0.368 e. The maximum absolute atomic E-state index is 13.0. The maximum atomic E-state index is 13.0. The van der Waals surface area contributed by atoms with Crippen molar-refractivity contribution in [1.29, 1.82) is 5.26 Å². The van der Waals surface area contributed by atoms with Gasteiger partial charge in [-0.15, -0.1) is 0 Å². The van der Waals surface area contributed by atoms with Crippen LogP contribution in [0.3, 0.4) is 0 Å². The van der Waals surface area contributed by atoms with E-state index in [2.05, 4.69) is 11.0 Å². The van der Waals surface area contributed by atoms with Crippen LogP contribution in [0, 0.1) is 23.1 Å². The third-order valence-electron chi connectivity index (χ3n) is 4.58. The molecule has 0 spiro atoms. The molecule has 6 heteroatoms. The molecule has 0 N–H and O–H groups in total. The topological polar surface area (TPSA) is 50.6 Å². The van der Waals surface area contributed by atoms with Gasteiger partial charge in [0.05, 0.1) is 18.0 Å². The van der Waals surface area contributed by atoms with E-state index in [4.69, 9.17) is 5.26 Å². The van der Waals surface area contributed by atoms with Gasteiger partial charge in [-0.1, -0.05) is 0 Å². The molecule has 1 aliphatic heterocycles. The monoisotopic (exact) mass is 332 g/mol. The zero-order valence-electron chi connectivity index (χ0n) is 14.6. The van der Waals surface area contributed by atoms with Gasteiger partial charge in [0.15, 0.2) is 0 Å². The molecule has 0 unspecified atom stereocenters. The molecule has 130 valence electrons. The summed E-state index contributed by atoms with van der Waals surface area (Å²) < 4.78 is 13.0. The fourth-order valence-electron chi connectivity index (χ4n) is 2.92. The normalized spacial score (nSPS) is 17.5. The number of anilines is 1. The Morgan fingerprint density at radius 1 is 1.25 bits per heavy atom. The molecule has 1 amide bonds. The lowest BCUT2D eigenvalue weighted by atomic mass is 10.1. The second-order valence-electron chi connectivity index (χ2n) is 6.43. The molecule has 0 bridgehead atoms. The zero-order valence-corrected chi connectivity index (χ0v) is 14.6. The van der Waals surface area contributed by atoms with E-state index in [9.17, 15) is 9.18 Å². The first-order valence-electron chi connectivity index (χ1n) is 8.31. The van der Waals surface area contributed by atoms with E-state index in [1.807, 2.05) is 30.7 Å². The number of piperazine rings is 1. The van der Waals surface area contributed by atoms with E-state index in [1.165, 1.54) is 12.1 Å². The third-order valence-corrected chi connectivity index (χ3v) is 4.58. The Morgan fingerprint density at radius 3 is 2.38 bits per heavy atom. The van der Waals surface area contributed by atoms with Crippen LogP contribution in [0.15, 0.2) is 24.3 Å². The molecule has 24 heavy (non-hydrogen) atoms. The van der Waals surface area contributed by atoms with Crippen LogP contribution in [0.25, 0.3) is 0 Å². The van der Waals surface area contributed by atoms with Crippen molar-refractivity contribution >= 4 is 11.6 Å². The lowest BCUT2D eigenvalue weighted by molar-refractivity contribution is -0.136. The van der Waals surface area contributed by atoms with Crippen LogP contribution in [0.1, 0.15) is 13.8 Å². The minimum absolute atomic E-state index is 0.0967. The van der Waals surface area contributed by atoms with Gasteiger partial charge in [0.2, 0.25) is 5.91 Å². The Balaban J connectivity index is 1.88. The SMILES string of the molecule is C[C@H](C(=O)N1CCN(c2ccc(F)cc2)CC1)N(C)C[C@@H](C)C#N. The summed E-state index contributed by atoms with van der Waals surface area (Å²) in [5.41, 5.74) is 0.983. The molecule has 0 aliphatic carbocycles. The second-order valence-corrected chi connectivity index (χ2v) is 6.43. The average Bonchev–Trinajstić information content (AvgIpc) is 2.61. The molecule has 5 nitrogen and oxygen atoms in total. The number of hydrogen-bond acceptors (Lipinski definition) is 4. The highest BCUT2D eigenvalue weighted by atomic mass is 19.1. The van der Waals surface area contributed by atoms with E-state index in [-0.39, 0.29) is 23.7 Å². The van der Waals surface area contributed by atoms with E-state index in [0.717, 1.165) is 18.8 Å². The van der Waals surface area contributed by atoms with Crippen LogP contribution in [0.5, 0.6) is 0 Å². The Kier molecular flexibility index (Phi) is 6.16. The van der Waals surface area contributed by atoms with Crippen molar-refractivity contribution in [3.8, 4) is 6.07 Å². The van der Waals surface area contributed by atoms with Gasteiger partial charge in [0, 0.05) is 38.4 Å². The molecule has 1 saturated heterocycles. The molecule has 1 fully saturated rings. The molecule has 1 aromatic rings. The molecule has 1 heterocycles. The number of nitrogens with zero attached hydrogens (tertiary/aromatic N) is 4. The van der Waals surface area contributed by atoms with Crippen molar-refractivity contribution < 1.29 is 9.18 Å². The summed E-state index contributed by atoms with van der Waals surface area (Å²) in [6, 6.07) is 8.42. The number of amides is 1. The minimum Gasteiger partial charge on any atom is -0.368 e. The predicted octanol–water partition coefficient (Wildman–Crippen LogP) is 1.95. The zero-order chi connectivity index (χ0) is 17.7. The lowest BCUT2D eigenvalue weighted by Crippen LogP contribution is -2.54. The number of carbonyl (C=O) groups excluding carboxylic acids is 1. The van der Waals surface area contributed by atoms with Crippen LogP contribution in [0.2, 0.25) is 0 Å². The summed E-state index contributed by atoms with van der Waals surface area (Å²) in [6.07, 6.45) is 0. The summed E-state index contributed by atoms with van der Waals surface area (Å²) in [4.78, 5) is 18.6. The molecular formula is C18H25FN4O. The van der Waals surface area contributed by atoms with Crippen molar-refractivity contribution in [1.82, 2.24) is 9.80 Å². The number of halogens is 1. The maximum Gasteiger partial charge on any atom is 0.239 e. The van der Waals surface area contributed by atoms with E-state index in [1.54, 1.807) is 12.1 Å². The van der Waals surface area contributed by atoms with E-state index >= 15 is 0 Å². The third kappa shape index (κ3) is 4.45. The van der Waals surface area contributed by atoms with Crippen molar-refractivity contribution in [2.75, 3.05) is 44.7 Å². The quantitative estimate of drug-likeness (QED) is 0.827. The van der Waals surface area contributed by atoms with Crippen molar-refractivity contribution in [2.45, 2.75) is 19.9 Å². The van der Waals surface area contributed by atoms with Gasteiger partial charge in [-0.25, -0.2) is 4.39 Å². The van der Waals surface area contributed by atoms with Gasteiger partial charge in [0.25, 0.3) is 0 Å². The van der Waals surface area contributed by atoms with Gasteiger partial charge in [-0.3, -0.25) is 9.69 Å². The van der Waals surface area contributed by atoms with E-state index < -0.39 is 0 Å². The molecule has 0 radical (unpaired) electrons. The lowest BCUT2D eigenvalue weighted by Gasteiger charge is -2.38. The molecular weight excluding hydrogens is 307 g/mol. The van der Waals surface area contributed by atoms with Gasteiger partial charge in [0.1, 0.15) is 5.82 Å². The smallest absolute Gasteiger partial charge is 0.239 e. The number of rotatable bonds is 5. The fourth-order valence-corrected chi connectivity index (χ4v) is 2.92. The van der Waals surface area contributed by atoms with Crippen LogP contribution in [-0.2, 0) is 4.79 Å². The average molecular weight is 332 g/mol. The summed E-state index contributed by atoms with van der Waals surface area (Å²) in [5, 5.41) is 8.91. The van der Waals surface area contributed by atoms with Crippen molar-refractivity contribution in [2.24, 2.45) is 5.92 Å². The van der Waals surface area contributed by atoms with Crippen LogP contribution >= 0.6 is 0 Å². The van der Waals surface area contributed by atoms with E-state index in [0.29, 0.717) is 19.6 Å². The number of hydrogen-bond donors (Lipinski definition) is 0. The molecule has 1 aliphatic rings. The van der Waals surface area contributed by atoms with Gasteiger partial charge >= 0.3 is 0 Å². The second kappa shape index (κ2) is 8.11. The number of benzene rings is 1.